The van der Waals surface area contributed by atoms with Crippen LogP contribution >= 0.6 is 0 Å². The second kappa shape index (κ2) is 6.03. The van der Waals surface area contributed by atoms with Crippen LogP contribution in [0.2, 0.25) is 0 Å². The van der Waals surface area contributed by atoms with Crippen LogP contribution in [0, 0.1) is 5.92 Å². The molecule has 0 aliphatic rings. The number of benzene rings is 1. The van der Waals surface area contributed by atoms with Crippen molar-refractivity contribution in [2.24, 2.45) is 5.92 Å². The van der Waals surface area contributed by atoms with Gasteiger partial charge in [-0.15, -0.1) is 0 Å². The molecule has 0 saturated carbocycles. The minimum absolute atomic E-state index is 0.0179. The summed E-state index contributed by atoms with van der Waals surface area (Å²) in [6, 6.07) is 4.92. The maximum absolute atomic E-state index is 13.1. The topological polar surface area (TPSA) is 29.3 Å². The summed E-state index contributed by atoms with van der Waals surface area (Å²) in [4.78, 5) is 2.01. The summed E-state index contributed by atoms with van der Waals surface area (Å²) < 4.78 is 26.2. The van der Waals surface area contributed by atoms with Gasteiger partial charge in [0.1, 0.15) is 0 Å². The number of halogens is 2. The maximum atomic E-state index is 13.1. The van der Waals surface area contributed by atoms with E-state index >= 15 is 0 Å². The van der Waals surface area contributed by atoms with E-state index < -0.39 is 6.43 Å². The summed E-state index contributed by atoms with van der Waals surface area (Å²) >= 11 is 0. The first-order valence-electron chi connectivity index (χ1n) is 6.27. The Labute approximate surface area is 108 Å². The first kappa shape index (κ1) is 14.7. The average Bonchev–Trinajstić information content (AvgIpc) is 2.25. The number of alkyl halides is 2. The van der Waals surface area contributed by atoms with Crippen LogP contribution < -0.4 is 10.6 Å². The molecule has 0 heterocycles. The number of nitrogens with zero attached hydrogens (tertiary/aromatic N) is 1. The van der Waals surface area contributed by atoms with Gasteiger partial charge in [-0.05, 0) is 38.0 Å². The molecule has 102 valence electrons. The summed E-state index contributed by atoms with van der Waals surface area (Å²) in [5.74, 6) is 0.412. The third-order valence-corrected chi connectivity index (χ3v) is 2.78. The minimum Gasteiger partial charge on any atom is -0.399 e. The number of nitrogen functional groups attached to an aromatic ring is 1. The van der Waals surface area contributed by atoms with Crippen molar-refractivity contribution in [1.29, 1.82) is 0 Å². The number of anilines is 2. The molecule has 0 radical (unpaired) electrons. The highest BCUT2D eigenvalue weighted by atomic mass is 19.3. The smallest absolute Gasteiger partial charge is 0.265 e. The third-order valence-electron chi connectivity index (χ3n) is 2.78. The van der Waals surface area contributed by atoms with E-state index in [1.54, 1.807) is 12.1 Å². The molecule has 0 atom stereocenters. The molecule has 0 aliphatic carbocycles. The van der Waals surface area contributed by atoms with Gasteiger partial charge in [0.05, 0.1) is 0 Å². The van der Waals surface area contributed by atoms with E-state index in [1.165, 1.54) is 6.07 Å². The highest BCUT2D eigenvalue weighted by Crippen LogP contribution is 2.33. The fraction of sp³-hybridized carbons (Fsp3) is 0.571. The van der Waals surface area contributed by atoms with Crippen molar-refractivity contribution in [3.8, 4) is 0 Å². The average molecular weight is 256 g/mol. The lowest BCUT2D eigenvalue weighted by molar-refractivity contribution is 0.151. The Morgan fingerprint density at radius 1 is 1.17 bits per heavy atom. The molecule has 4 heteroatoms. The largest absolute Gasteiger partial charge is 0.399 e. The second-order valence-corrected chi connectivity index (χ2v) is 5.26. The van der Waals surface area contributed by atoms with E-state index in [0.717, 1.165) is 6.54 Å². The third kappa shape index (κ3) is 3.59. The van der Waals surface area contributed by atoms with Crippen LogP contribution in [0.15, 0.2) is 18.2 Å². The van der Waals surface area contributed by atoms with E-state index in [4.69, 9.17) is 5.73 Å². The molecule has 0 unspecified atom stereocenters. The highest BCUT2D eigenvalue weighted by Gasteiger charge is 2.20. The summed E-state index contributed by atoms with van der Waals surface area (Å²) in [5, 5.41) is 0. The summed E-state index contributed by atoms with van der Waals surface area (Å²) in [6.45, 7) is 8.92. The van der Waals surface area contributed by atoms with E-state index in [-0.39, 0.29) is 11.6 Å². The van der Waals surface area contributed by atoms with Gasteiger partial charge in [0.25, 0.3) is 6.43 Å². The molecule has 18 heavy (non-hydrogen) atoms. The molecular formula is C14H22F2N2. The molecule has 0 amide bonds. The molecule has 0 bridgehead atoms. The molecular weight excluding hydrogens is 234 g/mol. The van der Waals surface area contributed by atoms with Crippen LogP contribution in [0.25, 0.3) is 0 Å². The van der Waals surface area contributed by atoms with Gasteiger partial charge >= 0.3 is 0 Å². The van der Waals surface area contributed by atoms with Gasteiger partial charge in [0, 0.05) is 29.5 Å². The summed E-state index contributed by atoms with van der Waals surface area (Å²) in [5.41, 5.74) is 6.57. The summed E-state index contributed by atoms with van der Waals surface area (Å²) in [6.07, 6.45) is -2.50. The Morgan fingerprint density at radius 3 is 2.22 bits per heavy atom. The van der Waals surface area contributed by atoms with Crippen molar-refractivity contribution in [2.75, 3.05) is 17.2 Å². The van der Waals surface area contributed by atoms with Crippen LogP contribution in [0.1, 0.15) is 39.7 Å². The normalized spacial score (nSPS) is 11.6. The predicted octanol–water partition coefficient (Wildman–Crippen LogP) is 4.08. The minimum atomic E-state index is -2.50. The molecule has 1 aromatic rings. The first-order valence-corrected chi connectivity index (χ1v) is 6.27. The van der Waals surface area contributed by atoms with Gasteiger partial charge in [0.15, 0.2) is 0 Å². The fourth-order valence-corrected chi connectivity index (χ4v) is 1.99. The molecule has 2 nitrogen and oxygen atoms in total. The molecule has 2 N–H and O–H groups in total. The lowest BCUT2D eigenvalue weighted by Crippen LogP contribution is -2.34. The fourth-order valence-electron chi connectivity index (χ4n) is 1.99. The first-order chi connectivity index (χ1) is 8.32. The summed E-state index contributed by atoms with van der Waals surface area (Å²) in [7, 11) is 0. The van der Waals surface area contributed by atoms with Crippen LogP contribution in [-0.4, -0.2) is 12.6 Å². The Hall–Kier alpha value is -1.32. The zero-order chi connectivity index (χ0) is 13.9. The second-order valence-electron chi connectivity index (χ2n) is 5.26. The van der Waals surface area contributed by atoms with Gasteiger partial charge < -0.3 is 10.6 Å². The van der Waals surface area contributed by atoms with E-state index in [1.807, 2.05) is 18.7 Å². The zero-order valence-electron chi connectivity index (χ0n) is 11.5. The number of hydrogen-bond acceptors (Lipinski definition) is 2. The van der Waals surface area contributed by atoms with Gasteiger partial charge in [0.2, 0.25) is 0 Å². The molecule has 0 saturated heterocycles. The van der Waals surface area contributed by atoms with Crippen molar-refractivity contribution in [1.82, 2.24) is 0 Å². The predicted molar refractivity (Wildman–Crippen MR) is 73.1 cm³/mol. The van der Waals surface area contributed by atoms with E-state index in [0.29, 0.717) is 17.3 Å². The molecule has 1 rings (SSSR count). The Kier molecular flexibility index (Phi) is 4.93. The van der Waals surface area contributed by atoms with Crippen LogP contribution in [0.3, 0.4) is 0 Å². The van der Waals surface area contributed by atoms with E-state index in [2.05, 4.69) is 13.8 Å². The van der Waals surface area contributed by atoms with Gasteiger partial charge in [-0.3, -0.25) is 0 Å². The van der Waals surface area contributed by atoms with E-state index in [9.17, 15) is 8.78 Å². The molecule has 1 aromatic carbocycles. The SMILES string of the molecule is CC(C)CN(c1ccc(N)cc1C(F)F)C(C)C. The van der Waals surface area contributed by atoms with Gasteiger partial charge in [-0.1, -0.05) is 13.8 Å². The van der Waals surface area contributed by atoms with Crippen LogP contribution in [0.4, 0.5) is 20.2 Å². The van der Waals surface area contributed by atoms with Gasteiger partial charge in [-0.2, -0.15) is 0 Å². The number of nitrogens with two attached hydrogens (primary N) is 1. The quantitative estimate of drug-likeness (QED) is 0.804. The molecule has 0 aliphatic heterocycles. The van der Waals surface area contributed by atoms with Crippen LogP contribution in [-0.2, 0) is 0 Å². The van der Waals surface area contributed by atoms with Crippen molar-refractivity contribution in [3.63, 3.8) is 0 Å². The number of rotatable bonds is 5. The van der Waals surface area contributed by atoms with Gasteiger partial charge in [-0.25, -0.2) is 8.78 Å². The standard InChI is InChI=1S/C14H22F2N2/c1-9(2)8-18(10(3)4)13-6-5-11(17)7-12(13)14(15)16/h5-7,9-10,14H,8,17H2,1-4H3. The zero-order valence-corrected chi connectivity index (χ0v) is 11.5. The molecule has 0 spiro atoms. The maximum Gasteiger partial charge on any atom is 0.265 e. The Bertz CT molecular complexity index is 389. The van der Waals surface area contributed by atoms with Crippen molar-refractivity contribution < 1.29 is 8.78 Å². The van der Waals surface area contributed by atoms with Crippen molar-refractivity contribution in [2.45, 2.75) is 40.2 Å². The lowest BCUT2D eigenvalue weighted by atomic mass is 10.1. The monoisotopic (exact) mass is 256 g/mol. The number of hydrogen-bond donors (Lipinski definition) is 1. The highest BCUT2D eigenvalue weighted by molar-refractivity contribution is 5.60. The van der Waals surface area contributed by atoms with Crippen molar-refractivity contribution in [3.05, 3.63) is 23.8 Å². The Balaban J connectivity index is 3.18. The Morgan fingerprint density at radius 2 is 1.78 bits per heavy atom. The molecule has 0 fully saturated rings. The van der Waals surface area contributed by atoms with Crippen molar-refractivity contribution >= 4 is 11.4 Å². The molecule has 0 aromatic heterocycles. The van der Waals surface area contributed by atoms with Crippen LogP contribution in [0.5, 0.6) is 0 Å². The lowest BCUT2D eigenvalue weighted by Gasteiger charge is -2.32.